The fraction of sp³-hybridized carbons (Fsp3) is 0.263. The molecule has 1 amide bonds. The molecule has 0 bridgehead atoms. The summed E-state index contributed by atoms with van der Waals surface area (Å²) in [5.74, 6) is -0.0593. The smallest absolute Gasteiger partial charge is 0.260 e. The Balaban J connectivity index is 2.03. The predicted octanol–water partition coefficient (Wildman–Crippen LogP) is 5.23. The Hall–Kier alpha value is -1.47. The van der Waals surface area contributed by atoms with E-state index in [2.05, 4.69) is 20.8 Å². The quantitative estimate of drug-likeness (QED) is 0.532. The maximum atomic E-state index is 13.2. The van der Waals surface area contributed by atoms with Crippen molar-refractivity contribution >= 4 is 60.1 Å². The normalized spacial score (nSPS) is 11.3. The van der Waals surface area contributed by atoms with Gasteiger partial charge in [0.1, 0.15) is 0 Å². The van der Waals surface area contributed by atoms with E-state index in [-0.39, 0.29) is 5.91 Å². The Morgan fingerprint density at radius 3 is 2.69 bits per heavy atom. The van der Waals surface area contributed by atoms with Crippen molar-refractivity contribution in [2.24, 2.45) is 0 Å². The predicted molar refractivity (Wildman–Crippen MR) is 114 cm³/mol. The summed E-state index contributed by atoms with van der Waals surface area (Å²) >= 11 is 11.1. The van der Waals surface area contributed by atoms with Crippen molar-refractivity contribution in [2.75, 3.05) is 32.1 Å². The van der Waals surface area contributed by atoms with Crippen LogP contribution < -0.4 is 4.90 Å². The average Bonchev–Trinajstić information content (AvgIpc) is 2.98. The highest BCUT2D eigenvalue weighted by Gasteiger charge is 2.22. The van der Waals surface area contributed by atoms with Crippen LogP contribution in [0.5, 0.6) is 0 Å². The number of amides is 1. The molecular formula is C19H19BrClN3OS. The Labute approximate surface area is 170 Å². The Morgan fingerprint density at radius 2 is 2.00 bits per heavy atom. The molecule has 0 atom stereocenters. The Bertz CT molecular complexity index is 957. The topological polar surface area (TPSA) is 36.4 Å². The van der Waals surface area contributed by atoms with Crippen LogP contribution in [0, 0.1) is 6.92 Å². The molecular weight excluding hydrogens is 434 g/mol. The summed E-state index contributed by atoms with van der Waals surface area (Å²) < 4.78 is 1.87. The van der Waals surface area contributed by atoms with Gasteiger partial charge < -0.3 is 4.90 Å². The Kier molecular flexibility index (Phi) is 5.97. The van der Waals surface area contributed by atoms with Gasteiger partial charge in [0, 0.05) is 28.1 Å². The maximum absolute atomic E-state index is 13.2. The number of carbonyl (C=O) groups is 1. The van der Waals surface area contributed by atoms with Crippen LogP contribution in [0.1, 0.15) is 15.9 Å². The standard InChI is InChI=1S/C19H19BrClN3OS/c1-12-9-15(21)11-16-17(12)22-19(26-16)24(8-7-23(2)3)18(25)13-5-4-6-14(20)10-13/h4-6,9-11H,7-8H2,1-3H3. The van der Waals surface area contributed by atoms with E-state index in [1.165, 1.54) is 11.3 Å². The molecule has 26 heavy (non-hydrogen) atoms. The minimum atomic E-state index is -0.0593. The van der Waals surface area contributed by atoms with Crippen molar-refractivity contribution < 1.29 is 4.79 Å². The molecule has 0 radical (unpaired) electrons. The van der Waals surface area contributed by atoms with Crippen LogP contribution in [0.25, 0.3) is 10.2 Å². The monoisotopic (exact) mass is 451 g/mol. The van der Waals surface area contributed by atoms with Crippen LogP contribution in [-0.2, 0) is 0 Å². The van der Waals surface area contributed by atoms with Gasteiger partial charge in [-0.2, -0.15) is 0 Å². The summed E-state index contributed by atoms with van der Waals surface area (Å²) in [6.45, 7) is 3.29. The summed E-state index contributed by atoms with van der Waals surface area (Å²) in [5.41, 5.74) is 2.54. The molecule has 4 nitrogen and oxygen atoms in total. The maximum Gasteiger partial charge on any atom is 0.260 e. The SMILES string of the molecule is Cc1cc(Cl)cc2sc(N(CCN(C)C)C(=O)c3cccc(Br)c3)nc12. The van der Waals surface area contributed by atoms with E-state index in [1.807, 2.05) is 57.4 Å². The van der Waals surface area contributed by atoms with Gasteiger partial charge >= 0.3 is 0 Å². The molecule has 2 aromatic carbocycles. The van der Waals surface area contributed by atoms with Crippen LogP contribution in [0.3, 0.4) is 0 Å². The molecule has 0 aliphatic rings. The fourth-order valence-corrected chi connectivity index (χ4v) is 4.46. The lowest BCUT2D eigenvalue weighted by Gasteiger charge is -2.22. The number of anilines is 1. The Morgan fingerprint density at radius 1 is 1.23 bits per heavy atom. The number of halogens is 2. The zero-order valence-electron chi connectivity index (χ0n) is 14.8. The minimum absolute atomic E-state index is 0.0593. The summed E-state index contributed by atoms with van der Waals surface area (Å²) in [6.07, 6.45) is 0. The molecule has 0 spiro atoms. The molecule has 3 aromatic rings. The van der Waals surface area contributed by atoms with Crippen LogP contribution >= 0.6 is 38.9 Å². The van der Waals surface area contributed by atoms with Gasteiger partial charge in [-0.3, -0.25) is 9.69 Å². The van der Waals surface area contributed by atoms with Crippen LogP contribution in [0.4, 0.5) is 5.13 Å². The second-order valence-electron chi connectivity index (χ2n) is 6.34. The minimum Gasteiger partial charge on any atom is -0.308 e. The summed E-state index contributed by atoms with van der Waals surface area (Å²) in [4.78, 5) is 21.7. The van der Waals surface area contributed by atoms with E-state index in [9.17, 15) is 4.79 Å². The van der Waals surface area contributed by atoms with Crippen molar-refractivity contribution in [3.05, 3.63) is 57.0 Å². The van der Waals surface area contributed by atoms with E-state index < -0.39 is 0 Å². The van der Waals surface area contributed by atoms with Crippen LogP contribution in [0.2, 0.25) is 5.02 Å². The number of likely N-dealkylation sites (N-methyl/N-ethyl adjacent to an activating group) is 1. The van der Waals surface area contributed by atoms with Crippen LogP contribution in [-0.4, -0.2) is 43.0 Å². The number of hydrogen-bond acceptors (Lipinski definition) is 4. The lowest BCUT2D eigenvalue weighted by molar-refractivity contribution is 0.0985. The van der Waals surface area contributed by atoms with Crippen molar-refractivity contribution in [1.29, 1.82) is 0 Å². The third-order valence-corrected chi connectivity index (χ3v) is 5.69. The van der Waals surface area contributed by atoms with Crippen molar-refractivity contribution in [1.82, 2.24) is 9.88 Å². The van der Waals surface area contributed by atoms with E-state index >= 15 is 0 Å². The molecule has 7 heteroatoms. The molecule has 0 saturated heterocycles. The highest BCUT2D eigenvalue weighted by molar-refractivity contribution is 9.10. The zero-order chi connectivity index (χ0) is 18.8. The van der Waals surface area contributed by atoms with Crippen molar-refractivity contribution in [2.45, 2.75) is 6.92 Å². The first kappa shape index (κ1) is 19.3. The van der Waals surface area contributed by atoms with Crippen molar-refractivity contribution in [3.63, 3.8) is 0 Å². The molecule has 0 saturated carbocycles. The fourth-order valence-electron chi connectivity index (χ4n) is 2.62. The molecule has 1 aromatic heterocycles. The van der Waals surface area contributed by atoms with Gasteiger partial charge in [-0.1, -0.05) is 44.9 Å². The first-order valence-corrected chi connectivity index (χ1v) is 10.1. The number of benzene rings is 2. The number of aryl methyl sites for hydroxylation is 1. The largest absolute Gasteiger partial charge is 0.308 e. The molecule has 136 valence electrons. The highest BCUT2D eigenvalue weighted by atomic mass is 79.9. The van der Waals surface area contributed by atoms with Gasteiger partial charge in [0.2, 0.25) is 0 Å². The number of thiazole rings is 1. The first-order valence-electron chi connectivity index (χ1n) is 8.14. The van der Waals surface area contributed by atoms with Gasteiger partial charge in [-0.15, -0.1) is 0 Å². The molecule has 1 heterocycles. The molecule has 0 fully saturated rings. The number of hydrogen-bond donors (Lipinski definition) is 0. The lowest BCUT2D eigenvalue weighted by Crippen LogP contribution is -2.36. The number of fused-ring (bicyclic) bond motifs is 1. The zero-order valence-corrected chi connectivity index (χ0v) is 18.0. The van der Waals surface area contributed by atoms with Gasteiger partial charge in [-0.25, -0.2) is 4.98 Å². The summed E-state index contributed by atoms with van der Waals surface area (Å²) in [6, 6.07) is 11.2. The van der Waals surface area contributed by atoms with Crippen molar-refractivity contribution in [3.8, 4) is 0 Å². The second-order valence-corrected chi connectivity index (χ2v) is 8.70. The summed E-state index contributed by atoms with van der Waals surface area (Å²) in [5, 5.41) is 1.38. The van der Waals surface area contributed by atoms with Crippen LogP contribution in [0.15, 0.2) is 40.9 Å². The van der Waals surface area contributed by atoms with E-state index in [1.54, 1.807) is 4.90 Å². The number of aromatic nitrogens is 1. The lowest BCUT2D eigenvalue weighted by atomic mass is 10.2. The van der Waals surface area contributed by atoms with E-state index in [4.69, 9.17) is 16.6 Å². The van der Waals surface area contributed by atoms with Gasteiger partial charge in [0.25, 0.3) is 5.91 Å². The average molecular weight is 453 g/mol. The number of nitrogens with zero attached hydrogens (tertiary/aromatic N) is 3. The van der Waals surface area contributed by atoms with E-state index in [0.717, 1.165) is 26.8 Å². The molecule has 0 unspecified atom stereocenters. The third-order valence-electron chi connectivity index (χ3n) is 3.96. The first-order chi connectivity index (χ1) is 12.3. The number of rotatable bonds is 5. The van der Waals surface area contributed by atoms with Gasteiger partial charge in [0.05, 0.1) is 10.2 Å². The summed E-state index contributed by atoms with van der Waals surface area (Å²) in [7, 11) is 3.98. The highest BCUT2D eigenvalue weighted by Crippen LogP contribution is 2.33. The number of carbonyl (C=O) groups excluding carboxylic acids is 1. The van der Waals surface area contributed by atoms with Gasteiger partial charge in [-0.05, 0) is 56.9 Å². The van der Waals surface area contributed by atoms with Gasteiger partial charge in [0.15, 0.2) is 5.13 Å². The third kappa shape index (κ3) is 4.26. The molecule has 0 aliphatic heterocycles. The molecule has 0 aliphatic carbocycles. The molecule has 0 N–H and O–H groups in total. The van der Waals surface area contributed by atoms with E-state index in [0.29, 0.717) is 22.3 Å². The second kappa shape index (κ2) is 8.05. The molecule has 3 rings (SSSR count).